The van der Waals surface area contributed by atoms with Crippen LogP contribution in [0.2, 0.25) is 0 Å². The van der Waals surface area contributed by atoms with Crippen LogP contribution in [0.1, 0.15) is 233 Å². The smallest absolute Gasteiger partial charge is 0.306 e. The second-order valence-electron chi connectivity index (χ2n) is 22.3. The maximum atomic E-state index is 12.4. The van der Waals surface area contributed by atoms with E-state index in [0.717, 1.165) is 77.0 Å². The molecule has 18 nitrogen and oxygen atoms in total. The molecule has 0 saturated carbocycles. The Morgan fingerprint density at radius 2 is 0.592 bits per heavy atom. The second kappa shape index (κ2) is 48.9. The van der Waals surface area contributed by atoms with Crippen LogP contribution in [0.4, 0.5) is 0 Å². The van der Waals surface area contributed by atoms with Gasteiger partial charge in [0.05, 0.1) is 55.5 Å². The lowest BCUT2D eigenvalue weighted by molar-refractivity contribution is -0.870. The molecule has 0 aromatic heterocycles. The van der Waals surface area contributed by atoms with Gasteiger partial charge < -0.3 is 55.8 Å². The van der Waals surface area contributed by atoms with Crippen molar-refractivity contribution in [1.29, 1.82) is 0 Å². The maximum Gasteiger partial charge on any atom is 0.306 e. The van der Waals surface area contributed by atoms with Gasteiger partial charge in [-0.25, -0.2) is 0 Å². The zero-order valence-electron chi connectivity index (χ0n) is 49.8. The quantitative estimate of drug-likeness (QED) is 0.0182. The van der Waals surface area contributed by atoms with Gasteiger partial charge in [0.2, 0.25) is 0 Å². The third-order valence-corrected chi connectivity index (χ3v) is 14.2. The topological polar surface area (TPSA) is 222 Å². The average Bonchev–Trinajstić information content (AvgIpc) is 3.33. The summed E-state index contributed by atoms with van der Waals surface area (Å²) in [6, 6.07) is 0. The molecule has 20 heteroatoms. The highest BCUT2D eigenvalue weighted by Gasteiger charge is 2.24. The van der Waals surface area contributed by atoms with Gasteiger partial charge in [0.1, 0.15) is 39.5 Å². The van der Waals surface area contributed by atoms with Gasteiger partial charge in [0, 0.05) is 25.7 Å². The molecule has 0 rings (SSSR count). The first-order chi connectivity index (χ1) is 36.0. The molecular weight excluding hydrogens is 1020 g/mol. The summed E-state index contributed by atoms with van der Waals surface area (Å²) in [7, 11) is 2.33. The SMILES string of the molecule is CCCCCCCCCC(=O)OC[C@H](COP(=O)([O-])OCC[N+](C)(C)C)OC(=O)CCCCCCCCC.CCCCCCCCCC(=O)OC[C@H](COP(=O)([O-])OCC[N+](C)(C)C)OC(=O)CCCCCCCCC. The van der Waals surface area contributed by atoms with Crippen molar-refractivity contribution in [2.75, 3.05) is 95.0 Å². The zero-order chi connectivity index (χ0) is 57.4. The molecule has 0 aromatic carbocycles. The first-order valence-corrected chi connectivity index (χ1v) is 32.4. The van der Waals surface area contributed by atoms with E-state index in [1.165, 1.54) is 89.9 Å². The Hall–Kier alpha value is -1.98. The van der Waals surface area contributed by atoms with Gasteiger partial charge in [-0.15, -0.1) is 0 Å². The van der Waals surface area contributed by atoms with E-state index in [1.807, 2.05) is 42.3 Å². The summed E-state index contributed by atoms with van der Waals surface area (Å²) >= 11 is 0. The van der Waals surface area contributed by atoms with Gasteiger partial charge in [0.15, 0.2) is 12.2 Å². The summed E-state index contributed by atoms with van der Waals surface area (Å²) in [5.74, 6) is -1.70. The van der Waals surface area contributed by atoms with Crippen LogP contribution in [-0.2, 0) is 65.4 Å². The van der Waals surface area contributed by atoms with Crippen molar-refractivity contribution in [3.63, 3.8) is 0 Å². The third-order valence-electron chi connectivity index (χ3n) is 12.3. The van der Waals surface area contributed by atoms with Crippen LogP contribution in [0.15, 0.2) is 0 Å². The molecule has 0 radical (unpaired) electrons. The van der Waals surface area contributed by atoms with Crippen LogP contribution in [0, 0.1) is 0 Å². The van der Waals surface area contributed by atoms with Crippen molar-refractivity contribution < 1.29 is 84.1 Å². The number of esters is 4. The molecule has 0 spiro atoms. The number of phosphoric acid groups is 2. The van der Waals surface area contributed by atoms with Gasteiger partial charge >= 0.3 is 23.9 Å². The van der Waals surface area contributed by atoms with Crippen LogP contribution >= 0.6 is 15.6 Å². The van der Waals surface area contributed by atoms with Crippen molar-refractivity contribution in [3.05, 3.63) is 0 Å². The highest BCUT2D eigenvalue weighted by molar-refractivity contribution is 7.46. The second-order valence-corrected chi connectivity index (χ2v) is 25.1. The number of hydrogen-bond acceptors (Lipinski definition) is 16. The maximum absolute atomic E-state index is 12.4. The molecule has 76 heavy (non-hydrogen) atoms. The fourth-order valence-electron chi connectivity index (χ4n) is 7.42. The van der Waals surface area contributed by atoms with Gasteiger partial charge in [-0.2, -0.15) is 0 Å². The van der Waals surface area contributed by atoms with Gasteiger partial charge in [-0.3, -0.25) is 28.3 Å². The molecule has 2 unspecified atom stereocenters. The van der Waals surface area contributed by atoms with Gasteiger partial charge in [0.25, 0.3) is 15.6 Å². The Morgan fingerprint density at radius 1 is 0.355 bits per heavy atom. The number of quaternary nitrogens is 2. The largest absolute Gasteiger partial charge is 0.756 e. The number of nitrogens with zero attached hydrogens (tertiary/aromatic N) is 2. The molecule has 452 valence electrons. The van der Waals surface area contributed by atoms with Crippen LogP contribution < -0.4 is 9.79 Å². The molecular formula is C56H112N2O16P2. The van der Waals surface area contributed by atoms with E-state index >= 15 is 0 Å². The van der Waals surface area contributed by atoms with Crippen LogP contribution in [0.5, 0.6) is 0 Å². The number of ether oxygens (including phenoxy) is 4. The third kappa shape index (κ3) is 56.7. The van der Waals surface area contributed by atoms with Crippen molar-refractivity contribution in [2.24, 2.45) is 0 Å². The van der Waals surface area contributed by atoms with E-state index in [9.17, 15) is 38.1 Å². The van der Waals surface area contributed by atoms with Gasteiger partial charge in [-0.1, -0.05) is 182 Å². The Morgan fingerprint density at radius 3 is 0.842 bits per heavy atom. The highest BCUT2D eigenvalue weighted by atomic mass is 31.2. The van der Waals surface area contributed by atoms with Crippen LogP contribution in [-0.4, -0.2) is 140 Å². The van der Waals surface area contributed by atoms with Gasteiger partial charge in [-0.05, 0) is 25.7 Å². The van der Waals surface area contributed by atoms with Crippen molar-refractivity contribution in [3.8, 4) is 0 Å². The first kappa shape index (κ1) is 76.1. The molecule has 0 aliphatic rings. The number of rotatable bonds is 52. The van der Waals surface area contributed by atoms with E-state index in [2.05, 4.69) is 27.7 Å². The summed E-state index contributed by atoms with van der Waals surface area (Å²) in [4.78, 5) is 73.4. The summed E-state index contributed by atoms with van der Waals surface area (Å²) < 4.78 is 66.6. The molecule has 0 bridgehead atoms. The van der Waals surface area contributed by atoms with Crippen molar-refractivity contribution in [2.45, 2.75) is 245 Å². The predicted octanol–water partition coefficient (Wildman–Crippen LogP) is 11.9. The minimum atomic E-state index is -4.59. The number of unbranched alkanes of at least 4 members (excludes halogenated alkanes) is 24. The standard InChI is InChI=1S/2C28H56NO8P/c2*1-6-8-10-12-14-16-18-20-27(30)34-24-26(25-36-38(32,33)35-23-22-29(3,4)5)37-28(31)21-19-17-15-13-11-9-7-2/h2*26H,6-25H2,1-5H3/t2*26-/m11/s1. The zero-order valence-corrected chi connectivity index (χ0v) is 51.5. The minimum Gasteiger partial charge on any atom is -0.756 e. The Bertz CT molecular complexity index is 1420. The Balaban J connectivity index is 0. The molecule has 0 aromatic rings. The molecule has 0 aliphatic heterocycles. The number of carbonyl (C=O) groups excluding carboxylic acids is 4. The van der Waals surface area contributed by atoms with E-state index in [1.54, 1.807) is 0 Å². The number of hydrogen-bond donors (Lipinski definition) is 0. The number of phosphoric ester groups is 2. The molecule has 0 heterocycles. The lowest BCUT2D eigenvalue weighted by Crippen LogP contribution is -2.37. The predicted molar refractivity (Wildman–Crippen MR) is 297 cm³/mol. The molecule has 4 atom stereocenters. The van der Waals surface area contributed by atoms with E-state index in [4.69, 9.17) is 37.0 Å². The molecule has 0 aliphatic carbocycles. The Kier molecular flexibility index (Phi) is 48.9. The molecule has 0 saturated heterocycles. The summed E-state index contributed by atoms with van der Waals surface area (Å²) in [5.41, 5.74) is 0. The first-order valence-electron chi connectivity index (χ1n) is 29.5. The van der Waals surface area contributed by atoms with Crippen LogP contribution in [0.25, 0.3) is 0 Å². The van der Waals surface area contributed by atoms with E-state index in [0.29, 0.717) is 34.9 Å². The fourth-order valence-corrected chi connectivity index (χ4v) is 8.88. The normalized spacial score (nSPS) is 14.2. The lowest BCUT2D eigenvalue weighted by atomic mass is 10.1. The highest BCUT2D eigenvalue weighted by Crippen LogP contribution is 2.39. The molecule has 0 amide bonds. The van der Waals surface area contributed by atoms with E-state index < -0.39 is 64.9 Å². The van der Waals surface area contributed by atoms with Crippen LogP contribution in [0.3, 0.4) is 0 Å². The van der Waals surface area contributed by atoms with Crippen molar-refractivity contribution in [1.82, 2.24) is 0 Å². The monoisotopic (exact) mass is 1130 g/mol. The molecule has 0 N–H and O–H groups in total. The Labute approximate surface area is 462 Å². The summed E-state index contributed by atoms with van der Waals surface area (Å²) in [6.07, 6.45) is 29.2. The minimum absolute atomic E-state index is 0.0274. The fraction of sp³-hybridized carbons (Fsp3) is 0.929. The average molecular weight is 1130 g/mol. The lowest BCUT2D eigenvalue weighted by Gasteiger charge is -2.28. The van der Waals surface area contributed by atoms with E-state index in [-0.39, 0.29) is 52.1 Å². The summed E-state index contributed by atoms with van der Waals surface area (Å²) in [5, 5.41) is 0. The number of likely N-dealkylation sites (N-methyl/N-ethyl adjacent to an activating group) is 2. The summed E-state index contributed by atoms with van der Waals surface area (Å²) in [6.45, 7) is 8.17. The van der Waals surface area contributed by atoms with Crippen molar-refractivity contribution >= 4 is 39.5 Å². The molecule has 0 fully saturated rings. The number of carbonyl (C=O) groups is 4.